The lowest BCUT2D eigenvalue weighted by atomic mass is 9.93. The van der Waals surface area contributed by atoms with Gasteiger partial charge in [0.1, 0.15) is 6.10 Å². The number of aromatic nitrogens is 2. The van der Waals surface area contributed by atoms with Crippen molar-refractivity contribution in [1.82, 2.24) is 15.3 Å². The number of rotatable bonds is 8. The zero-order chi connectivity index (χ0) is 22.2. The van der Waals surface area contributed by atoms with Crippen molar-refractivity contribution in [2.75, 3.05) is 33.8 Å². The average Bonchev–Trinajstić information content (AvgIpc) is 2.79. The summed E-state index contributed by atoms with van der Waals surface area (Å²) in [7, 11) is 6.12. The molecule has 1 aliphatic carbocycles. The van der Waals surface area contributed by atoms with Crippen LogP contribution in [0.5, 0.6) is 29.0 Å². The van der Waals surface area contributed by atoms with Gasteiger partial charge in [-0.05, 0) is 25.7 Å². The second-order valence-corrected chi connectivity index (χ2v) is 7.00. The maximum absolute atomic E-state index is 12.5. The molecule has 0 aliphatic heterocycles. The van der Waals surface area contributed by atoms with Gasteiger partial charge in [0.25, 0.3) is 0 Å². The number of nitrogens with zero attached hydrogens (tertiary/aromatic N) is 2. The van der Waals surface area contributed by atoms with Gasteiger partial charge in [0, 0.05) is 18.2 Å². The van der Waals surface area contributed by atoms with Crippen LogP contribution in [0.3, 0.4) is 0 Å². The summed E-state index contributed by atoms with van der Waals surface area (Å²) in [5.74, 6) is 2.26. The summed E-state index contributed by atoms with van der Waals surface area (Å²) in [4.78, 5) is 20.8. The molecule has 1 fully saturated rings. The van der Waals surface area contributed by atoms with E-state index in [0.29, 0.717) is 34.7 Å². The maximum atomic E-state index is 12.5. The van der Waals surface area contributed by atoms with E-state index < -0.39 is 0 Å². The van der Waals surface area contributed by atoms with E-state index in [1.165, 1.54) is 34.6 Å². The minimum Gasteiger partial charge on any atom is -0.493 e. The number of carbonyl (C=O) groups excluding carboxylic acids is 1. The minimum atomic E-state index is -0.294. The molecule has 3 rings (SSSR count). The molecule has 168 valence electrons. The van der Waals surface area contributed by atoms with Gasteiger partial charge in [-0.3, -0.25) is 4.98 Å². The normalized spacial score (nSPS) is 17.9. The fourth-order valence-corrected chi connectivity index (χ4v) is 3.49. The molecule has 2 N–H and O–H groups in total. The Balaban J connectivity index is 1.51. The number of methoxy groups -OCH3 is 4. The van der Waals surface area contributed by atoms with Crippen LogP contribution in [-0.2, 0) is 0 Å². The van der Waals surface area contributed by atoms with Crippen LogP contribution in [0.4, 0.5) is 10.5 Å². The lowest BCUT2D eigenvalue weighted by Gasteiger charge is -2.29. The quantitative estimate of drug-likeness (QED) is 0.655. The van der Waals surface area contributed by atoms with E-state index in [0.717, 1.165) is 25.7 Å². The molecule has 1 aromatic heterocycles. The second kappa shape index (κ2) is 10.6. The third-order valence-electron chi connectivity index (χ3n) is 5.02. The zero-order valence-electron chi connectivity index (χ0n) is 18.1. The van der Waals surface area contributed by atoms with Crippen molar-refractivity contribution in [1.29, 1.82) is 0 Å². The fourth-order valence-electron chi connectivity index (χ4n) is 3.49. The van der Waals surface area contributed by atoms with Gasteiger partial charge in [0.2, 0.25) is 17.5 Å². The Kier molecular flexibility index (Phi) is 7.58. The Bertz CT molecular complexity index is 861. The molecule has 1 heterocycles. The molecular formula is C21H28N4O6. The van der Waals surface area contributed by atoms with Gasteiger partial charge in [-0.15, -0.1) is 0 Å². The van der Waals surface area contributed by atoms with E-state index in [1.54, 1.807) is 18.3 Å². The highest BCUT2D eigenvalue weighted by Crippen LogP contribution is 2.39. The van der Waals surface area contributed by atoms with Crippen molar-refractivity contribution in [2.45, 2.75) is 37.8 Å². The lowest BCUT2D eigenvalue weighted by Crippen LogP contribution is -2.41. The van der Waals surface area contributed by atoms with E-state index in [-0.39, 0.29) is 18.2 Å². The second-order valence-electron chi connectivity index (χ2n) is 7.00. The van der Waals surface area contributed by atoms with Crippen molar-refractivity contribution in [3.05, 3.63) is 24.5 Å². The highest BCUT2D eigenvalue weighted by atomic mass is 16.5. The molecule has 1 aromatic carbocycles. The summed E-state index contributed by atoms with van der Waals surface area (Å²) in [6.07, 6.45) is 6.31. The molecule has 2 amide bonds. The molecule has 0 saturated heterocycles. The maximum Gasteiger partial charge on any atom is 0.319 e. The molecule has 0 unspecified atom stereocenters. The number of amides is 2. The predicted octanol–water partition coefficient (Wildman–Crippen LogP) is 3.02. The van der Waals surface area contributed by atoms with Gasteiger partial charge in [0.15, 0.2) is 11.5 Å². The van der Waals surface area contributed by atoms with Crippen LogP contribution in [0.15, 0.2) is 24.5 Å². The first-order chi connectivity index (χ1) is 15.1. The Morgan fingerprint density at radius 3 is 2.13 bits per heavy atom. The lowest BCUT2D eigenvalue weighted by molar-refractivity contribution is 0.134. The SMILES string of the molecule is COc1cncc(OC2CCC(NC(=O)Nc3cc(OC)c(OC)c(OC)c3)CC2)n1. The van der Waals surface area contributed by atoms with E-state index in [4.69, 9.17) is 23.7 Å². The van der Waals surface area contributed by atoms with Crippen molar-refractivity contribution in [3.8, 4) is 29.0 Å². The van der Waals surface area contributed by atoms with Crippen molar-refractivity contribution < 1.29 is 28.5 Å². The summed E-state index contributed by atoms with van der Waals surface area (Å²) >= 11 is 0. The highest BCUT2D eigenvalue weighted by Gasteiger charge is 2.24. The van der Waals surface area contributed by atoms with Crippen LogP contribution < -0.4 is 34.3 Å². The number of urea groups is 1. The molecule has 0 radical (unpaired) electrons. The number of hydrogen-bond donors (Lipinski definition) is 2. The fraction of sp³-hybridized carbons (Fsp3) is 0.476. The van der Waals surface area contributed by atoms with Crippen LogP contribution in [0.25, 0.3) is 0 Å². The monoisotopic (exact) mass is 432 g/mol. The van der Waals surface area contributed by atoms with Crippen LogP contribution >= 0.6 is 0 Å². The molecule has 2 aromatic rings. The molecule has 31 heavy (non-hydrogen) atoms. The molecule has 0 spiro atoms. The van der Waals surface area contributed by atoms with Gasteiger partial charge in [-0.1, -0.05) is 0 Å². The Labute approximate surface area is 181 Å². The number of nitrogens with one attached hydrogen (secondary N) is 2. The Morgan fingerprint density at radius 2 is 1.55 bits per heavy atom. The third-order valence-corrected chi connectivity index (χ3v) is 5.02. The van der Waals surface area contributed by atoms with Gasteiger partial charge in [-0.2, -0.15) is 4.98 Å². The van der Waals surface area contributed by atoms with Gasteiger partial charge in [0.05, 0.1) is 46.5 Å². The van der Waals surface area contributed by atoms with E-state index >= 15 is 0 Å². The molecule has 1 aliphatic rings. The van der Waals surface area contributed by atoms with Crippen LogP contribution in [0.2, 0.25) is 0 Å². The Hall–Kier alpha value is -3.43. The number of hydrogen-bond acceptors (Lipinski definition) is 8. The van der Waals surface area contributed by atoms with Crippen LogP contribution in [0, 0.1) is 0 Å². The summed E-state index contributed by atoms with van der Waals surface area (Å²) in [5, 5.41) is 5.83. The highest BCUT2D eigenvalue weighted by molar-refractivity contribution is 5.90. The van der Waals surface area contributed by atoms with Crippen LogP contribution in [0.1, 0.15) is 25.7 Å². The molecule has 10 nitrogen and oxygen atoms in total. The number of ether oxygens (including phenoxy) is 5. The first-order valence-electron chi connectivity index (χ1n) is 9.96. The standard InChI is InChI=1S/C21H28N4O6/c1-27-16-9-14(10-17(28-2)20(16)30-4)24-21(26)23-13-5-7-15(8-6-13)31-19-12-22-11-18(25-19)29-3/h9-13,15H,5-8H2,1-4H3,(H2,23,24,26). The molecule has 10 heteroatoms. The molecule has 1 saturated carbocycles. The first kappa shape index (κ1) is 22.3. The number of anilines is 1. The van der Waals surface area contributed by atoms with Crippen molar-refractivity contribution in [3.63, 3.8) is 0 Å². The third kappa shape index (κ3) is 5.80. The summed E-state index contributed by atoms with van der Waals surface area (Å²) < 4.78 is 26.9. The topological polar surface area (TPSA) is 113 Å². The summed E-state index contributed by atoms with van der Waals surface area (Å²) in [6.45, 7) is 0. The van der Waals surface area contributed by atoms with E-state index in [1.807, 2.05) is 0 Å². The average molecular weight is 432 g/mol. The minimum absolute atomic E-state index is 0.0256. The summed E-state index contributed by atoms with van der Waals surface area (Å²) in [5.41, 5.74) is 0.542. The molecule has 0 atom stereocenters. The molecular weight excluding hydrogens is 404 g/mol. The van der Waals surface area contributed by atoms with Crippen LogP contribution in [-0.4, -0.2) is 56.6 Å². The number of carbonyl (C=O) groups is 1. The summed E-state index contributed by atoms with van der Waals surface area (Å²) in [6, 6.07) is 3.12. The van der Waals surface area contributed by atoms with Crippen molar-refractivity contribution >= 4 is 11.7 Å². The molecule has 0 bridgehead atoms. The Morgan fingerprint density at radius 1 is 0.903 bits per heavy atom. The van der Waals surface area contributed by atoms with Gasteiger partial charge in [-0.25, -0.2) is 4.79 Å². The largest absolute Gasteiger partial charge is 0.493 e. The smallest absolute Gasteiger partial charge is 0.319 e. The number of benzene rings is 1. The first-order valence-corrected chi connectivity index (χ1v) is 9.96. The van der Waals surface area contributed by atoms with E-state index in [2.05, 4.69) is 20.6 Å². The van der Waals surface area contributed by atoms with Crippen molar-refractivity contribution in [2.24, 2.45) is 0 Å². The van der Waals surface area contributed by atoms with E-state index in [9.17, 15) is 4.79 Å². The predicted molar refractivity (Wildman–Crippen MR) is 114 cm³/mol. The van der Waals surface area contributed by atoms with Gasteiger partial charge < -0.3 is 34.3 Å². The zero-order valence-corrected chi connectivity index (χ0v) is 18.1. The van der Waals surface area contributed by atoms with Gasteiger partial charge >= 0.3 is 6.03 Å².